The summed E-state index contributed by atoms with van der Waals surface area (Å²) in [6.45, 7) is 1.50. The van der Waals surface area contributed by atoms with Crippen molar-refractivity contribution in [1.82, 2.24) is 9.47 Å². The first kappa shape index (κ1) is 18.4. The number of pyridine rings is 1. The summed E-state index contributed by atoms with van der Waals surface area (Å²) < 4.78 is 42.7. The van der Waals surface area contributed by atoms with Crippen LogP contribution in [0.25, 0.3) is 0 Å². The molecule has 2 aliphatic rings. The molecule has 0 radical (unpaired) electrons. The van der Waals surface area contributed by atoms with Gasteiger partial charge in [-0.1, -0.05) is 12.1 Å². The third-order valence-corrected chi connectivity index (χ3v) is 5.09. The highest BCUT2D eigenvalue weighted by atomic mass is 19.4. The van der Waals surface area contributed by atoms with E-state index in [0.717, 1.165) is 18.2 Å². The number of carbonyl (C=O) groups is 1. The van der Waals surface area contributed by atoms with Crippen LogP contribution < -0.4 is 15.6 Å². The summed E-state index contributed by atoms with van der Waals surface area (Å²) >= 11 is 0. The number of fused-ring (bicyclic) bond motifs is 4. The number of piperidine rings is 1. The molecule has 2 atom stereocenters. The molecule has 1 N–H and O–H groups in total. The molecule has 3 heterocycles. The second-order valence-corrected chi connectivity index (χ2v) is 7.11. The topological polar surface area (TPSA) is 63.6 Å². The van der Waals surface area contributed by atoms with E-state index < -0.39 is 12.1 Å². The molecule has 9 heteroatoms. The Labute approximate surface area is 158 Å². The van der Waals surface area contributed by atoms with Gasteiger partial charge in [0.1, 0.15) is 5.75 Å². The summed E-state index contributed by atoms with van der Waals surface area (Å²) in [5.41, 5.74) is 1.10. The van der Waals surface area contributed by atoms with Gasteiger partial charge < -0.3 is 19.5 Å². The number of benzene rings is 1. The van der Waals surface area contributed by atoms with E-state index in [9.17, 15) is 22.8 Å². The lowest BCUT2D eigenvalue weighted by Gasteiger charge is -2.42. The highest BCUT2D eigenvalue weighted by molar-refractivity contribution is 5.89. The van der Waals surface area contributed by atoms with Gasteiger partial charge in [0.05, 0.1) is 0 Å². The molecule has 1 fully saturated rings. The van der Waals surface area contributed by atoms with Gasteiger partial charge in [0.15, 0.2) is 0 Å². The van der Waals surface area contributed by atoms with Crippen LogP contribution in [0, 0.1) is 5.92 Å². The number of alkyl halides is 3. The molecule has 1 aromatic carbocycles. The average Bonchev–Trinajstić information content (AvgIpc) is 2.61. The molecule has 2 amide bonds. The average molecular weight is 393 g/mol. The predicted octanol–water partition coefficient (Wildman–Crippen LogP) is 3.40. The van der Waals surface area contributed by atoms with Crippen molar-refractivity contribution in [3.8, 4) is 5.75 Å². The fourth-order valence-electron chi connectivity index (χ4n) is 4.04. The molecule has 2 bridgehead atoms. The van der Waals surface area contributed by atoms with E-state index in [2.05, 4.69) is 10.1 Å². The van der Waals surface area contributed by atoms with Gasteiger partial charge >= 0.3 is 12.4 Å². The lowest BCUT2D eigenvalue weighted by Crippen LogP contribution is -2.50. The third-order valence-electron chi connectivity index (χ3n) is 5.09. The van der Waals surface area contributed by atoms with Crippen LogP contribution in [0.2, 0.25) is 0 Å². The summed E-state index contributed by atoms with van der Waals surface area (Å²) in [4.78, 5) is 26.4. The number of ether oxygens (including phenoxy) is 1. The van der Waals surface area contributed by atoms with Crippen molar-refractivity contribution in [3.63, 3.8) is 0 Å². The van der Waals surface area contributed by atoms with E-state index in [1.54, 1.807) is 15.5 Å². The molecule has 1 saturated heterocycles. The standard InChI is InChI=1S/C19H18F3N3O3/c20-19(21,22)28-15-4-1-3-14(8-15)23-18(27)24-9-12-7-13(11-24)16-5-2-6-17(26)25(16)10-12/h1-6,8,12-13H,7,9-11H2,(H,23,27)/t12-,13+/m1/s1. The zero-order chi connectivity index (χ0) is 19.9. The molecule has 2 aliphatic heterocycles. The van der Waals surface area contributed by atoms with E-state index in [1.807, 2.05) is 6.07 Å². The van der Waals surface area contributed by atoms with E-state index in [1.165, 1.54) is 24.3 Å². The highest BCUT2D eigenvalue weighted by Gasteiger charge is 2.36. The number of nitrogens with one attached hydrogen (secondary N) is 1. The van der Waals surface area contributed by atoms with Gasteiger partial charge in [-0.25, -0.2) is 4.79 Å². The van der Waals surface area contributed by atoms with Crippen molar-refractivity contribution in [3.05, 3.63) is 58.5 Å². The summed E-state index contributed by atoms with van der Waals surface area (Å²) in [6.07, 6.45) is -3.89. The van der Waals surface area contributed by atoms with E-state index in [-0.39, 0.29) is 29.1 Å². The first-order chi connectivity index (χ1) is 13.3. The third kappa shape index (κ3) is 3.83. The highest BCUT2D eigenvalue weighted by Crippen LogP contribution is 2.35. The molecule has 0 aliphatic carbocycles. The van der Waals surface area contributed by atoms with Crippen molar-refractivity contribution < 1.29 is 22.7 Å². The molecule has 2 aromatic rings. The number of nitrogens with zero attached hydrogens (tertiary/aromatic N) is 2. The van der Waals surface area contributed by atoms with Crippen molar-refractivity contribution in [1.29, 1.82) is 0 Å². The summed E-state index contributed by atoms with van der Waals surface area (Å²) in [7, 11) is 0. The van der Waals surface area contributed by atoms with Gasteiger partial charge in [-0.15, -0.1) is 13.2 Å². The Hall–Kier alpha value is -2.97. The molecular weight excluding hydrogens is 375 g/mol. The van der Waals surface area contributed by atoms with Gasteiger partial charge in [-0.2, -0.15) is 0 Å². The second-order valence-electron chi connectivity index (χ2n) is 7.11. The van der Waals surface area contributed by atoms with Crippen LogP contribution in [-0.2, 0) is 6.54 Å². The number of hydrogen-bond acceptors (Lipinski definition) is 3. The van der Waals surface area contributed by atoms with Gasteiger partial charge in [0.25, 0.3) is 5.56 Å². The monoisotopic (exact) mass is 393 g/mol. The molecule has 0 unspecified atom stereocenters. The summed E-state index contributed by atoms with van der Waals surface area (Å²) in [5.74, 6) is -0.168. The number of likely N-dealkylation sites (tertiary alicyclic amines) is 1. The Balaban J connectivity index is 1.47. The van der Waals surface area contributed by atoms with Crippen LogP contribution in [0.1, 0.15) is 18.0 Å². The number of anilines is 1. The maximum Gasteiger partial charge on any atom is 0.573 e. The molecule has 4 rings (SSSR count). The number of halogens is 3. The summed E-state index contributed by atoms with van der Waals surface area (Å²) in [5, 5.41) is 2.63. The molecule has 0 spiro atoms. The Morgan fingerprint density at radius 1 is 1.11 bits per heavy atom. The van der Waals surface area contributed by atoms with Crippen LogP contribution in [0.3, 0.4) is 0 Å². The Bertz CT molecular complexity index is 957. The number of carbonyl (C=O) groups excluding carboxylic acids is 1. The van der Waals surface area contributed by atoms with Crippen LogP contribution in [0.15, 0.2) is 47.3 Å². The van der Waals surface area contributed by atoms with E-state index in [4.69, 9.17) is 0 Å². The van der Waals surface area contributed by atoms with Crippen molar-refractivity contribution in [2.75, 3.05) is 18.4 Å². The summed E-state index contributed by atoms with van der Waals surface area (Å²) in [6, 6.07) is 9.96. The SMILES string of the molecule is O=C(Nc1cccc(OC(F)(F)F)c1)N1C[C@H]2C[C@@H](C1)c1cccc(=O)n1C2. The largest absolute Gasteiger partial charge is 0.573 e. The number of hydrogen-bond donors (Lipinski definition) is 1. The van der Waals surface area contributed by atoms with Crippen LogP contribution in [0.5, 0.6) is 5.75 Å². The predicted molar refractivity (Wildman–Crippen MR) is 95.3 cm³/mol. The fourth-order valence-corrected chi connectivity index (χ4v) is 4.04. The Kier molecular flexibility index (Phi) is 4.52. The number of aromatic nitrogens is 1. The number of rotatable bonds is 2. The molecule has 28 heavy (non-hydrogen) atoms. The molecule has 0 saturated carbocycles. The second kappa shape index (κ2) is 6.88. The lowest BCUT2D eigenvalue weighted by molar-refractivity contribution is -0.274. The maximum atomic E-state index is 12.7. The van der Waals surface area contributed by atoms with Crippen LogP contribution in [0.4, 0.5) is 23.7 Å². The van der Waals surface area contributed by atoms with Gasteiger partial charge in [-0.05, 0) is 30.5 Å². The van der Waals surface area contributed by atoms with E-state index >= 15 is 0 Å². The molecule has 6 nitrogen and oxygen atoms in total. The Morgan fingerprint density at radius 3 is 2.68 bits per heavy atom. The number of urea groups is 1. The van der Waals surface area contributed by atoms with Gasteiger partial charge in [0, 0.05) is 49.1 Å². The van der Waals surface area contributed by atoms with Gasteiger partial charge in [0.2, 0.25) is 0 Å². The smallest absolute Gasteiger partial charge is 0.406 e. The molecule has 148 valence electrons. The fraction of sp³-hybridized carbons (Fsp3) is 0.368. The zero-order valence-electron chi connectivity index (χ0n) is 14.8. The van der Waals surface area contributed by atoms with Crippen molar-refractivity contribution >= 4 is 11.7 Å². The van der Waals surface area contributed by atoms with Crippen LogP contribution >= 0.6 is 0 Å². The Morgan fingerprint density at radius 2 is 1.89 bits per heavy atom. The minimum atomic E-state index is -4.79. The minimum absolute atomic E-state index is 0.0356. The van der Waals surface area contributed by atoms with Crippen molar-refractivity contribution in [2.45, 2.75) is 25.2 Å². The van der Waals surface area contributed by atoms with Crippen LogP contribution in [-0.4, -0.2) is 34.9 Å². The maximum absolute atomic E-state index is 12.7. The van der Waals surface area contributed by atoms with E-state index in [0.29, 0.717) is 19.6 Å². The quantitative estimate of drug-likeness (QED) is 0.851. The first-order valence-electron chi connectivity index (χ1n) is 8.90. The van der Waals surface area contributed by atoms with Gasteiger partial charge in [-0.3, -0.25) is 4.79 Å². The first-order valence-corrected chi connectivity index (χ1v) is 8.90. The van der Waals surface area contributed by atoms with Crippen molar-refractivity contribution in [2.24, 2.45) is 5.92 Å². The molecule has 1 aromatic heterocycles. The molecular formula is C19H18F3N3O3. The minimum Gasteiger partial charge on any atom is -0.406 e. The number of amides is 2. The zero-order valence-corrected chi connectivity index (χ0v) is 14.8. The normalized spacial score (nSPS) is 21.0. The lowest BCUT2D eigenvalue weighted by atomic mass is 9.83.